The van der Waals surface area contributed by atoms with Gasteiger partial charge in [0.1, 0.15) is 0 Å². The molecule has 0 saturated carbocycles. The Hall–Kier alpha value is -0.0231. The second kappa shape index (κ2) is 5.31. The van der Waals surface area contributed by atoms with Crippen LogP contribution in [0.5, 0.6) is 0 Å². The van der Waals surface area contributed by atoms with Crippen molar-refractivity contribution in [3.05, 3.63) is 33.8 Å². The van der Waals surface area contributed by atoms with Crippen molar-refractivity contribution in [2.24, 2.45) is 0 Å². The summed E-state index contributed by atoms with van der Waals surface area (Å²) in [5.41, 5.74) is 0.962. The first-order chi connectivity index (χ1) is 7.65. The molecule has 1 nitrogen and oxygen atoms in total. The van der Waals surface area contributed by atoms with Crippen molar-refractivity contribution in [1.29, 1.82) is 0 Å². The van der Waals surface area contributed by atoms with Crippen LogP contribution >= 0.6 is 23.2 Å². The molecule has 1 aromatic carbocycles. The summed E-state index contributed by atoms with van der Waals surface area (Å²) in [5, 5.41) is 1.40. The van der Waals surface area contributed by atoms with Gasteiger partial charge in [-0.3, -0.25) is 0 Å². The van der Waals surface area contributed by atoms with Crippen molar-refractivity contribution in [2.75, 3.05) is 0 Å². The fraction of sp³-hybridized carbons (Fsp3) is 0.538. The summed E-state index contributed by atoms with van der Waals surface area (Å²) in [5.74, 6) is 0. The predicted octanol–water partition coefficient (Wildman–Crippen LogP) is 5.52. The molecule has 96 valence electrons. The smallest absolute Gasteiger partial charge is 0.192 e. The molecule has 0 bridgehead atoms. The molecule has 0 radical (unpaired) electrons. The van der Waals surface area contributed by atoms with Crippen molar-refractivity contribution < 1.29 is 4.43 Å². The van der Waals surface area contributed by atoms with Crippen LogP contribution in [-0.2, 0) is 11.0 Å². The van der Waals surface area contributed by atoms with Crippen LogP contribution in [0.15, 0.2) is 18.2 Å². The first-order valence-corrected chi connectivity index (χ1v) is 9.38. The summed E-state index contributed by atoms with van der Waals surface area (Å²) in [6, 6.07) is 5.65. The Bertz CT molecular complexity index is 397. The fourth-order valence-corrected chi connectivity index (χ4v) is 2.46. The van der Waals surface area contributed by atoms with Crippen molar-refractivity contribution in [2.45, 2.75) is 45.5 Å². The Labute approximate surface area is 115 Å². The lowest BCUT2D eigenvalue weighted by molar-refractivity contribution is 0.276. The van der Waals surface area contributed by atoms with Crippen LogP contribution in [0.4, 0.5) is 0 Å². The Kier molecular flexibility index (Phi) is 4.70. The van der Waals surface area contributed by atoms with Crippen LogP contribution in [0, 0.1) is 0 Å². The molecule has 0 N–H and O–H groups in total. The van der Waals surface area contributed by atoms with Gasteiger partial charge in [0.15, 0.2) is 8.32 Å². The average molecular weight is 291 g/mol. The molecule has 0 aliphatic carbocycles. The maximum Gasteiger partial charge on any atom is 0.192 e. The molecule has 17 heavy (non-hydrogen) atoms. The maximum atomic E-state index is 6.14. The van der Waals surface area contributed by atoms with E-state index in [1.807, 2.05) is 12.1 Å². The molecule has 0 atom stereocenters. The van der Waals surface area contributed by atoms with Gasteiger partial charge in [-0.25, -0.2) is 0 Å². The van der Waals surface area contributed by atoms with Crippen molar-refractivity contribution in [3.63, 3.8) is 0 Å². The minimum atomic E-state index is -1.73. The number of benzene rings is 1. The van der Waals surface area contributed by atoms with Gasteiger partial charge in [-0.15, -0.1) is 0 Å². The topological polar surface area (TPSA) is 9.23 Å². The lowest BCUT2D eigenvalue weighted by Gasteiger charge is -2.36. The van der Waals surface area contributed by atoms with Crippen LogP contribution in [0.3, 0.4) is 0 Å². The molecule has 0 aliphatic heterocycles. The van der Waals surface area contributed by atoms with E-state index in [2.05, 4.69) is 33.9 Å². The lowest BCUT2D eigenvalue weighted by Crippen LogP contribution is -2.40. The highest BCUT2D eigenvalue weighted by molar-refractivity contribution is 6.74. The van der Waals surface area contributed by atoms with E-state index in [4.69, 9.17) is 27.6 Å². The number of hydrogen-bond acceptors (Lipinski definition) is 1. The summed E-state index contributed by atoms with van der Waals surface area (Å²) in [6.45, 7) is 11.7. The second-order valence-electron chi connectivity index (χ2n) is 5.76. The van der Waals surface area contributed by atoms with E-state index < -0.39 is 8.32 Å². The standard InChI is InChI=1S/C13H20Cl2OSi/c1-13(2,3)17(4,5)16-9-10-7-6-8-11(14)12(10)15/h6-8H,9H2,1-5H3. The monoisotopic (exact) mass is 290 g/mol. The first kappa shape index (κ1) is 15.0. The van der Waals surface area contributed by atoms with Gasteiger partial charge in [-0.05, 0) is 29.8 Å². The molecular formula is C13H20Cl2OSi. The molecule has 0 spiro atoms. The van der Waals surface area contributed by atoms with E-state index in [1.54, 1.807) is 6.07 Å². The summed E-state index contributed by atoms with van der Waals surface area (Å²) in [4.78, 5) is 0. The molecular weight excluding hydrogens is 271 g/mol. The zero-order valence-electron chi connectivity index (χ0n) is 11.1. The van der Waals surface area contributed by atoms with Gasteiger partial charge in [-0.2, -0.15) is 0 Å². The Morgan fingerprint density at radius 2 is 1.76 bits per heavy atom. The first-order valence-electron chi connectivity index (χ1n) is 5.72. The van der Waals surface area contributed by atoms with Gasteiger partial charge in [0.05, 0.1) is 16.7 Å². The second-order valence-corrected chi connectivity index (χ2v) is 11.4. The molecule has 0 amide bonds. The highest BCUT2D eigenvalue weighted by atomic mass is 35.5. The quantitative estimate of drug-likeness (QED) is 0.667. The van der Waals surface area contributed by atoms with Gasteiger partial charge in [0.25, 0.3) is 0 Å². The molecule has 0 saturated heterocycles. The predicted molar refractivity (Wildman–Crippen MR) is 78.4 cm³/mol. The molecule has 0 unspecified atom stereocenters. The maximum absolute atomic E-state index is 6.14. The van der Waals surface area contributed by atoms with Gasteiger partial charge < -0.3 is 4.43 Å². The third-order valence-corrected chi connectivity index (χ3v) is 8.76. The largest absolute Gasteiger partial charge is 0.413 e. The highest BCUT2D eigenvalue weighted by Gasteiger charge is 2.37. The van der Waals surface area contributed by atoms with E-state index in [9.17, 15) is 0 Å². The molecule has 0 aliphatic rings. The van der Waals surface area contributed by atoms with Crippen LogP contribution in [0.1, 0.15) is 26.3 Å². The van der Waals surface area contributed by atoms with E-state index in [1.165, 1.54) is 0 Å². The third-order valence-electron chi connectivity index (χ3n) is 3.43. The number of rotatable bonds is 3. The third kappa shape index (κ3) is 3.72. The van der Waals surface area contributed by atoms with Gasteiger partial charge in [0, 0.05) is 0 Å². The van der Waals surface area contributed by atoms with Crippen molar-refractivity contribution >= 4 is 31.5 Å². The number of halogens is 2. The van der Waals surface area contributed by atoms with Crippen molar-refractivity contribution in [1.82, 2.24) is 0 Å². The van der Waals surface area contributed by atoms with Crippen LogP contribution in [0.2, 0.25) is 28.2 Å². The minimum Gasteiger partial charge on any atom is -0.413 e. The Balaban J connectivity index is 2.78. The Morgan fingerprint density at radius 1 is 1.18 bits per heavy atom. The van der Waals surface area contributed by atoms with Crippen LogP contribution in [0.25, 0.3) is 0 Å². The molecule has 0 aromatic heterocycles. The lowest BCUT2D eigenvalue weighted by atomic mass is 10.2. The summed E-state index contributed by atoms with van der Waals surface area (Å²) < 4.78 is 6.11. The number of hydrogen-bond donors (Lipinski definition) is 0. The van der Waals surface area contributed by atoms with Gasteiger partial charge >= 0.3 is 0 Å². The SMILES string of the molecule is CC(C)(C)[Si](C)(C)OCc1cccc(Cl)c1Cl. The zero-order chi connectivity index (χ0) is 13.3. The summed E-state index contributed by atoms with van der Waals surface area (Å²) >= 11 is 12.1. The minimum absolute atomic E-state index is 0.206. The van der Waals surface area contributed by atoms with Crippen LogP contribution in [-0.4, -0.2) is 8.32 Å². The molecule has 1 aromatic rings. The van der Waals surface area contributed by atoms with E-state index in [0.717, 1.165) is 5.56 Å². The summed E-state index contributed by atoms with van der Waals surface area (Å²) in [6.07, 6.45) is 0. The van der Waals surface area contributed by atoms with Crippen molar-refractivity contribution in [3.8, 4) is 0 Å². The van der Waals surface area contributed by atoms with E-state index >= 15 is 0 Å². The molecule has 4 heteroatoms. The Morgan fingerprint density at radius 3 is 2.29 bits per heavy atom. The average Bonchev–Trinajstić information content (AvgIpc) is 2.18. The molecule has 0 heterocycles. The molecule has 0 fully saturated rings. The molecule has 1 rings (SSSR count). The summed E-state index contributed by atoms with van der Waals surface area (Å²) in [7, 11) is -1.73. The van der Waals surface area contributed by atoms with Gasteiger partial charge in [0.2, 0.25) is 0 Å². The zero-order valence-corrected chi connectivity index (χ0v) is 13.6. The highest BCUT2D eigenvalue weighted by Crippen LogP contribution is 2.37. The normalized spacial score (nSPS) is 12.9. The van der Waals surface area contributed by atoms with Gasteiger partial charge in [-0.1, -0.05) is 56.1 Å². The fourth-order valence-electron chi connectivity index (χ4n) is 1.13. The van der Waals surface area contributed by atoms with E-state index in [-0.39, 0.29) is 5.04 Å². The van der Waals surface area contributed by atoms with E-state index in [0.29, 0.717) is 16.7 Å². The van der Waals surface area contributed by atoms with Crippen LogP contribution < -0.4 is 0 Å².